The molecule has 1 unspecified atom stereocenters. The molecule has 1 amide bonds. The Balaban J connectivity index is 2.61. The fourth-order valence-electron chi connectivity index (χ4n) is 1.40. The van der Waals surface area contributed by atoms with Gasteiger partial charge in [-0.15, -0.1) is 11.8 Å². The highest BCUT2D eigenvalue weighted by Gasteiger charge is 2.36. The maximum absolute atomic E-state index is 12.2. The van der Waals surface area contributed by atoms with Crippen LogP contribution < -0.4 is 5.32 Å². The number of carboxylic acids is 1. The Morgan fingerprint density at radius 1 is 1.32 bits per heavy atom. The van der Waals surface area contributed by atoms with E-state index in [0.717, 1.165) is 11.8 Å². The van der Waals surface area contributed by atoms with Crippen LogP contribution in [0.5, 0.6) is 0 Å². The molecular weight excluding hydrogens is 366 g/mol. The van der Waals surface area contributed by atoms with Gasteiger partial charge >= 0.3 is 12.1 Å². The molecule has 0 aliphatic carbocycles. The Morgan fingerprint density at radius 3 is 2.50 bits per heavy atom. The van der Waals surface area contributed by atoms with Gasteiger partial charge in [0.05, 0.1) is 17.2 Å². The summed E-state index contributed by atoms with van der Waals surface area (Å²) in [5.41, 5.74) is 0. The molecule has 4 nitrogen and oxygen atoms in total. The molecule has 0 heterocycles. The van der Waals surface area contributed by atoms with Crippen molar-refractivity contribution in [3.05, 3.63) is 28.2 Å². The Labute approximate surface area is 138 Å². The van der Waals surface area contributed by atoms with Crippen LogP contribution in [-0.2, 0) is 9.59 Å². The highest BCUT2D eigenvalue weighted by atomic mass is 35.5. The van der Waals surface area contributed by atoms with Gasteiger partial charge in [0.25, 0.3) is 0 Å². The quantitative estimate of drug-likeness (QED) is 0.745. The molecule has 1 atom stereocenters. The van der Waals surface area contributed by atoms with E-state index in [9.17, 15) is 22.8 Å². The van der Waals surface area contributed by atoms with Gasteiger partial charge in [0, 0.05) is 9.92 Å². The summed E-state index contributed by atoms with van der Waals surface area (Å²) >= 11 is 12.6. The van der Waals surface area contributed by atoms with E-state index in [1.807, 2.05) is 5.32 Å². The minimum Gasteiger partial charge on any atom is -0.480 e. The first kappa shape index (κ1) is 18.9. The number of carboxylic acid groups (broad SMARTS) is 1. The number of aliphatic carboxylic acids is 1. The molecule has 0 saturated carbocycles. The van der Waals surface area contributed by atoms with Crippen molar-refractivity contribution in [3.8, 4) is 0 Å². The van der Waals surface area contributed by atoms with E-state index in [2.05, 4.69) is 0 Å². The Kier molecular flexibility index (Phi) is 6.83. The minimum absolute atomic E-state index is 0.290. The van der Waals surface area contributed by atoms with Gasteiger partial charge in [0.15, 0.2) is 0 Å². The molecule has 122 valence electrons. The average molecular weight is 376 g/mol. The summed E-state index contributed by atoms with van der Waals surface area (Å²) in [4.78, 5) is 22.8. The SMILES string of the molecule is O=C(CSc1cc(Cl)ccc1Cl)NC(CC(F)(F)F)C(=O)O. The van der Waals surface area contributed by atoms with Crippen molar-refractivity contribution in [1.29, 1.82) is 0 Å². The largest absolute Gasteiger partial charge is 0.480 e. The number of alkyl halides is 3. The average Bonchev–Trinajstić information content (AvgIpc) is 2.37. The molecule has 0 aliphatic heterocycles. The van der Waals surface area contributed by atoms with Gasteiger partial charge in [-0.05, 0) is 18.2 Å². The fraction of sp³-hybridized carbons (Fsp3) is 0.333. The van der Waals surface area contributed by atoms with Gasteiger partial charge in [0.1, 0.15) is 6.04 Å². The summed E-state index contributed by atoms with van der Waals surface area (Å²) in [5.74, 6) is -2.89. The fourth-order valence-corrected chi connectivity index (χ4v) is 2.70. The second-order valence-corrected chi connectivity index (χ2v) is 6.00. The van der Waals surface area contributed by atoms with E-state index in [1.165, 1.54) is 18.2 Å². The van der Waals surface area contributed by atoms with E-state index >= 15 is 0 Å². The molecule has 0 aliphatic rings. The van der Waals surface area contributed by atoms with Crippen LogP contribution in [0.3, 0.4) is 0 Å². The first-order valence-corrected chi connectivity index (χ1v) is 7.49. The molecule has 1 aromatic rings. The van der Waals surface area contributed by atoms with Crippen LogP contribution in [0.1, 0.15) is 6.42 Å². The lowest BCUT2D eigenvalue weighted by atomic mass is 10.2. The zero-order valence-corrected chi connectivity index (χ0v) is 13.1. The van der Waals surface area contributed by atoms with Crippen molar-refractivity contribution in [2.24, 2.45) is 0 Å². The highest BCUT2D eigenvalue weighted by Crippen LogP contribution is 2.29. The molecule has 1 aromatic carbocycles. The van der Waals surface area contributed by atoms with Crippen LogP contribution in [0.25, 0.3) is 0 Å². The molecule has 0 saturated heterocycles. The standard InChI is InChI=1S/C12H10Cl2F3NO3S/c13-6-1-2-7(14)9(3-6)22-5-10(19)18-8(11(20)21)4-12(15,16)17/h1-3,8H,4-5H2,(H,18,19)(H,20,21). The van der Waals surface area contributed by atoms with Gasteiger partial charge in [-0.2, -0.15) is 13.2 Å². The third kappa shape index (κ3) is 6.76. The predicted octanol–water partition coefficient (Wildman–Crippen LogP) is 3.61. The van der Waals surface area contributed by atoms with Crippen LogP contribution in [-0.4, -0.2) is 35.0 Å². The molecule has 0 bridgehead atoms. The molecule has 10 heteroatoms. The van der Waals surface area contributed by atoms with Crippen LogP contribution in [0.4, 0.5) is 13.2 Å². The van der Waals surface area contributed by atoms with Gasteiger partial charge in [0.2, 0.25) is 5.91 Å². The summed E-state index contributed by atoms with van der Waals surface area (Å²) in [5, 5.41) is 11.2. The summed E-state index contributed by atoms with van der Waals surface area (Å²) in [6, 6.07) is 2.51. The molecule has 22 heavy (non-hydrogen) atoms. The lowest BCUT2D eigenvalue weighted by Gasteiger charge is -2.16. The zero-order chi connectivity index (χ0) is 16.9. The van der Waals surface area contributed by atoms with Gasteiger partial charge in [-0.3, -0.25) is 4.79 Å². The molecular formula is C12H10Cl2F3NO3S. The van der Waals surface area contributed by atoms with Crippen molar-refractivity contribution in [2.45, 2.75) is 23.5 Å². The molecule has 0 spiro atoms. The van der Waals surface area contributed by atoms with E-state index in [-0.39, 0.29) is 5.75 Å². The highest BCUT2D eigenvalue weighted by molar-refractivity contribution is 8.00. The van der Waals surface area contributed by atoms with Gasteiger partial charge in [-0.1, -0.05) is 23.2 Å². The minimum atomic E-state index is -4.69. The third-order valence-electron chi connectivity index (χ3n) is 2.32. The lowest BCUT2D eigenvalue weighted by Crippen LogP contribution is -2.44. The third-order valence-corrected chi connectivity index (χ3v) is 4.05. The number of carbonyl (C=O) groups is 2. The number of halogens is 5. The number of hydrogen-bond donors (Lipinski definition) is 2. The number of benzene rings is 1. The number of nitrogens with one attached hydrogen (secondary N) is 1. The summed E-state index contributed by atoms with van der Waals surface area (Å²) in [6.07, 6.45) is -6.34. The number of rotatable bonds is 6. The van der Waals surface area contributed by atoms with Crippen LogP contribution in [0.2, 0.25) is 10.0 Å². The summed E-state index contributed by atoms with van der Waals surface area (Å²) < 4.78 is 36.6. The van der Waals surface area contributed by atoms with Gasteiger partial charge < -0.3 is 10.4 Å². The first-order valence-electron chi connectivity index (χ1n) is 5.75. The van der Waals surface area contributed by atoms with Crippen molar-refractivity contribution in [1.82, 2.24) is 5.32 Å². The lowest BCUT2D eigenvalue weighted by molar-refractivity contribution is -0.159. The normalized spacial score (nSPS) is 12.8. The molecule has 0 aromatic heterocycles. The maximum Gasteiger partial charge on any atom is 0.391 e. The number of thioether (sulfide) groups is 1. The topological polar surface area (TPSA) is 66.4 Å². The molecule has 0 fully saturated rings. The Morgan fingerprint density at radius 2 is 1.95 bits per heavy atom. The van der Waals surface area contributed by atoms with Crippen LogP contribution in [0, 0.1) is 0 Å². The van der Waals surface area contributed by atoms with E-state index in [0.29, 0.717) is 14.9 Å². The first-order chi connectivity index (χ1) is 10.1. The Hall–Kier alpha value is -1.12. The van der Waals surface area contributed by atoms with Crippen molar-refractivity contribution < 1.29 is 27.9 Å². The maximum atomic E-state index is 12.2. The summed E-state index contributed by atoms with van der Waals surface area (Å²) in [6.45, 7) is 0. The smallest absolute Gasteiger partial charge is 0.391 e. The van der Waals surface area contributed by atoms with E-state index < -0.39 is 30.5 Å². The second-order valence-electron chi connectivity index (χ2n) is 4.14. The van der Waals surface area contributed by atoms with E-state index in [1.54, 1.807) is 0 Å². The predicted molar refractivity (Wildman–Crippen MR) is 77.4 cm³/mol. The van der Waals surface area contributed by atoms with Crippen LogP contribution >= 0.6 is 35.0 Å². The van der Waals surface area contributed by atoms with Crippen LogP contribution in [0.15, 0.2) is 23.1 Å². The summed E-state index contributed by atoms with van der Waals surface area (Å²) in [7, 11) is 0. The molecule has 0 radical (unpaired) electrons. The van der Waals surface area contributed by atoms with Crippen molar-refractivity contribution in [3.63, 3.8) is 0 Å². The molecule has 2 N–H and O–H groups in total. The van der Waals surface area contributed by atoms with Crippen molar-refractivity contribution in [2.75, 3.05) is 5.75 Å². The number of hydrogen-bond acceptors (Lipinski definition) is 3. The van der Waals surface area contributed by atoms with Gasteiger partial charge in [-0.25, -0.2) is 4.79 Å². The zero-order valence-electron chi connectivity index (χ0n) is 10.8. The monoisotopic (exact) mass is 375 g/mol. The Bertz CT molecular complexity index is 569. The van der Waals surface area contributed by atoms with Crippen molar-refractivity contribution >= 4 is 46.8 Å². The van der Waals surface area contributed by atoms with E-state index in [4.69, 9.17) is 28.3 Å². The number of carbonyl (C=O) groups excluding carboxylic acids is 1. The molecule has 1 rings (SSSR count). The second kappa shape index (κ2) is 7.94. The number of amides is 1.